The number of unbranched alkanes of at least 4 members (excludes halogenated alkanes) is 1. The maximum atomic E-state index is 15.0. The van der Waals surface area contributed by atoms with Gasteiger partial charge in [0, 0.05) is 17.7 Å². The second-order valence-electron chi connectivity index (χ2n) is 12.3. The number of nitrogens with zero attached hydrogens (tertiary/aromatic N) is 4. The number of carboxylic acids is 1. The molecule has 8 nitrogen and oxygen atoms in total. The van der Waals surface area contributed by atoms with Gasteiger partial charge < -0.3 is 14.6 Å². The average molecular weight is 541 g/mol. The summed E-state index contributed by atoms with van der Waals surface area (Å²) in [6, 6.07) is 4.06. The van der Waals surface area contributed by atoms with E-state index in [4.69, 9.17) is 14.5 Å². The molecule has 4 fully saturated rings. The van der Waals surface area contributed by atoms with Gasteiger partial charge in [0.15, 0.2) is 0 Å². The summed E-state index contributed by atoms with van der Waals surface area (Å²) in [6.07, 6.45) is 10.9. The van der Waals surface area contributed by atoms with Crippen LogP contribution in [0.5, 0.6) is 5.88 Å². The van der Waals surface area contributed by atoms with E-state index in [0.717, 1.165) is 63.6 Å². The highest BCUT2D eigenvalue weighted by Crippen LogP contribution is 2.66. The molecule has 0 radical (unpaired) electrons. The van der Waals surface area contributed by atoms with Gasteiger partial charge in [-0.25, -0.2) is 9.37 Å². The number of pyridine rings is 1. The molecule has 2 heterocycles. The molecule has 4 saturated carbocycles. The summed E-state index contributed by atoms with van der Waals surface area (Å²) in [6.45, 7) is 3.88. The topological polar surface area (TPSA) is 99.4 Å². The van der Waals surface area contributed by atoms with Gasteiger partial charge in [-0.3, -0.25) is 4.79 Å². The summed E-state index contributed by atoms with van der Waals surface area (Å²) >= 11 is 0. The first-order valence-corrected chi connectivity index (χ1v) is 14.9. The highest BCUT2D eigenvalue weighted by Gasteiger charge is 2.65. The Morgan fingerprint density at radius 1 is 1.08 bits per heavy atom. The quantitative estimate of drug-likeness (QED) is 0.390. The largest absolute Gasteiger partial charge is 0.481 e. The molecule has 9 heteroatoms. The monoisotopic (exact) mass is 540 g/mol. The van der Waals surface area contributed by atoms with Crippen molar-refractivity contribution in [3.8, 4) is 5.88 Å². The molecule has 2 aromatic heterocycles. The van der Waals surface area contributed by atoms with Crippen molar-refractivity contribution in [2.24, 2.45) is 35.5 Å². The second-order valence-corrected chi connectivity index (χ2v) is 12.3. The lowest BCUT2D eigenvalue weighted by atomic mass is 9.75. The number of hydrogen-bond acceptors (Lipinski definition) is 6. The van der Waals surface area contributed by atoms with E-state index in [0.29, 0.717) is 55.1 Å². The molecule has 4 aliphatic carbocycles. The molecule has 0 amide bonds. The summed E-state index contributed by atoms with van der Waals surface area (Å²) in [5.41, 5.74) is 2.16. The van der Waals surface area contributed by atoms with E-state index in [2.05, 4.69) is 16.3 Å². The van der Waals surface area contributed by atoms with Gasteiger partial charge in [0.2, 0.25) is 5.88 Å². The molecule has 2 aromatic rings. The molecule has 0 saturated heterocycles. The van der Waals surface area contributed by atoms with E-state index in [1.807, 2.05) is 13.0 Å². The van der Waals surface area contributed by atoms with Gasteiger partial charge in [0.1, 0.15) is 6.17 Å². The molecule has 4 aliphatic rings. The number of carbonyl (C=O) groups is 1. The van der Waals surface area contributed by atoms with E-state index in [1.165, 1.54) is 5.56 Å². The lowest BCUT2D eigenvalue weighted by molar-refractivity contribution is -0.140. The maximum Gasteiger partial charge on any atom is 0.307 e. The van der Waals surface area contributed by atoms with Gasteiger partial charge in [-0.05, 0) is 99.9 Å². The van der Waals surface area contributed by atoms with Crippen molar-refractivity contribution >= 4 is 5.97 Å². The minimum Gasteiger partial charge on any atom is -0.481 e. The Morgan fingerprint density at radius 3 is 2.72 bits per heavy atom. The van der Waals surface area contributed by atoms with Crippen LogP contribution in [-0.4, -0.2) is 56.5 Å². The number of fused-ring (bicyclic) bond motifs is 3. The standard InChI is InChI=1S/C30H41FN4O4/c1-18-23(7-9-27(34-18)38-13-3-2-12-35-32-10-11-33-35)19-4-8-26(31)21(14-19)17-39-22-5-6-24-20(15-22)16-25-28(24)29(25)30(36)37/h7,9-11,19-22,24-26,28-29H,2-6,8,12-17H2,1H3,(H,36,37). The zero-order valence-corrected chi connectivity index (χ0v) is 22.8. The molecule has 0 spiro atoms. The Labute approximate surface area is 229 Å². The molecule has 9 atom stereocenters. The van der Waals surface area contributed by atoms with Crippen LogP contribution in [0.3, 0.4) is 0 Å². The molecule has 1 N–H and O–H groups in total. The summed E-state index contributed by atoms with van der Waals surface area (Å²) in [4.78, 5) is 17.8. The van der Waals surface area contributed by atoms with Crippen LogP contribution in [-0.2, 0) is 16.1 Å². The van der Waals surface area contributed by atoms with Gasteiger partial charge in [-0.1, -0.05) is 6.07 Å². The molecule has 0 bridgehead atoms. The zero-order chi connectivity index (χ0) is 26.9. The van der Waals surface area contributed by atoms with Crippen LogP contribution < -0.4 is 4.74 Å². The number of halogens is 1. The fraction of sp³-hybridized carbons (Fsp3) is 0.733. The van der Waals surface area contributed by atoms with Crippen molar-refractivity contribution in [2.45, 2.75) is 89.4 Å². The lowest BCUT2D eigenvalue weighted by Gasteiger charge is -2.37. The maximum absolute atomic E-state index is 15.0. The van der Waals surface area contributed by atoms with Crippen LogP contribution in [0.4, 0.5) is 4.39 Å². The van der Waals surface area contributed by atoms with Crippen molar-refractivity contribution in [2.75, 3.05) is 13.2 Å². The molecular formula is C30H41FN4O4. The number of carboxylic acid groups (broad SMARTS) is 1. The summed E-state index contributed by atoms with van der Waals surface area (Å²) in [7, 11) is 0. The van der Waals surface area contributed by atoms with Crippen molar-refractivity contribution in [1.29, 1.82) is 0 Å². The van der Waals surface area contributed by atoms with E-state index in [-0.39, 0.29) is 17.9 Å². The van der Waals surface area contributed by atoms with Gasteiger partial charge in [0.25, 0.3) is 0 Å². The first kappa shape index (κ1) is 26.7. The SMILES string of the molecule is Cc1nc(OCCCCn2nccn2)ccc1C1CCC(F)C(COC2CCC3C(C2)CC2C(C(=O)O)C32)C1. The first-order chi connectivity index (χ1) is 19.0. The molecule has 6 rings (SSSR count). The number of alkyl halides is 1. The minimum atomic E-state index is -0.819. The number of ether oxygens (including phenoxy) is 2. The van der Waals surface area contributed by atoms with Crippen molar-refractivity contribution in [3.05, 3.63) is 35.8 Å². The fourth-order valence-electron chi connectivity index (χ4n) is 8.05. The summed E-state index contributed by atoms with van der Waals surface area (Å²) in [5, 5.41) is 17.6. The predicted molar refractivity (Wildman–Crippen MR) is 142 cm³/mol. The third-order valence-electron chi connectivity index (χ3n) is 10.0. The number of aryl methyl sites for hydroxylation is 2. The van der Waals surface area contributed by atoms with Gasteiger partial charge in [-0.15, -0.1) is 0 Å². The molecular weight excluding hydrogens is 499 g/mol. The van der Waals surface area contributed by atoms with E-state index >= 15 is 0 Å². The van der Waals surface area contributed by atoms with Crippen LogP contribution in [0, 0.1) is 42.4 Å². The van der Waals surface area contributed by atoms with Gasteiger partial charge in [0.05, 0.1) is 44.2 Å². The van der Waals surface area contributed by atoms with E-state index in [9.17, 15) is 14.3 Å². The number of aromatic nitrogens is 4. The third kappa shape index (κ3) is 5.83. The van der Waals surface area contributed by atoms with Gasteiger partial charge >= 0.3 is 5.97 Å². The Morgan fingerprint density at radius 2 is 1.92 bits per heavy atom. The van der Waals surface area contributed by atoms with Crippen molar-refractivity contribution in [1.82, 2.24) is 20.0 Å². The highest BCUT2D eigenvalue weighted by molar-refractivity contribution is 5.74. The molecule has 9 unspecified atom stereocenters. The third-order valence-corrected chi connectivity index (χ3v) is 10.0. The first-order valence-electron chi connectivity index (χ1n) is 14.9. The summed E-state index contributed by atoms with van der Waals surface area (Å²) < 4.78 is 27.2. The fourth-order valence-corrected chi connectivity index (χ4v) is 8.05. The Balaban J connectivity index is 0.952. The highest BCUT2D eigenvalue weighted by atomic mass is 19.1. The van der Waals surface area contributed by atoms with Crippen LogP contribution >= 0.6 is 0 Å². The van der Waals surface area contributed by atoms with Gasteiger partial charge in [-0.2, -0.15) is 15.0 Å². The minimum absolute atomic E-state index is 0.0885. The number of hydrogen-bond donors (Lipinski definition) is 1. The predicted octanol–water partition coefficient (Wildman–Crippen LogP) is 5.21. The lowest BCUT2D eigenvalue weighted by Crippen LogP contribution is -2.34. The molecule has 0 aromatic carbocycles. The van der Waals surface area contributed by atoms with Crippen molar-refractivity contribution < 1.29 is 23.8 Å². The van der Waals surface area contributed by atoms with E-state index < -0.39 is 12.1 Å². The molecule has 39 heavy (non-hydrogen) atoms. The smallest absolute Gasteiger partial charge is 0.307 e. The van der Waals surface area contributed by atoms with Crippen LogP contribution in [0.2, 0.25) is 0 Å². The Bertz CT molecular complexity index is 1130. The zero-order valence-electron chi connectivity index (χ0n) is 22.8. The Hall–Kier alpha value is -2.55. The van der Waals surface area contributed by atoms with Crippen molar-refractivity contribution in [3.63, 3.8) is 0 Å². The number of aliphatic carboxylic acids is 1. The normalized spacial score (nSPS) is 35.3. The van der Waals surface area contributed by atoms with Crippen LogP contribution in [0.25, 0.3) is 0 Å². The van der Waals surface area contributed by atoms with E-state index in [1.54, 1.807) is 17.2 Å². The van der Waals surface area contributed by atoms with Crippen LogP contribution in [0.15, 0.2) is 24.5 Å². The number of rotatable bonds is 11. The second kappa shape index (κ2) is 11.5. The molecule has 0 aliphatic heterocycles. The average Bonchev–Trinajstić information content (AvgIpc) is 3.22. The van der Waals surface area contributed by atoms with Crippen LogP contribution in [0.1, 0.15) is 75.0 Å². The summed E-state index contributed by atoms with van der Waals surface area (Å²) in [5.74, 6) is 2.10. The Kier molecular flexibility index (Phi) is 7.87. The molecule has 212 valence electrons.